The van der Waals surface area contributed by atoms with Crippen molar-refractivity contribution in [3.8, 4) is 0 Å². The molecule has 1 saturated heterocycles. The number of fused-ring (bicyclic) bond motifs is 1. The largest absolute Gasteiger partial charge is 0.390 e. The maximum Gasteiger partial charge on any atom is 0.248 e. The van der Waals surface area contributed by atoms with E-state index in [9.17, 15) is 19.0 Å². The zero-order valence-corrected chi connectivity index (χ0v) is 18.3. The fourth-order valence-corrected chi connectivity index (χ4v) is 5.47. The van der Waals surface area contributed by atoms with Crippen LogP contribution >= 0.6 is 11.6 Å². The second kappa shape index (κ2) is 8.19. The normalized spacial score (nSPS) is 30.9. The van der Waals surface area contributed by atoms with Crippen LogP contribution in [0, 0.1) is 0 Å². The van der Waals surface area contributed by atoms with E-state index in [0.717, 1.165) is 36.4 Å². The second-order valence-electron chi connectivity index (χ2n) is 9.52. The van der Waals surface area contributed by atoms with Gasteiger partial charge in [0.1, 0.15) is 0 Å². The number of aromatic nitrogens is 1. The van der Waals surface area contributed by atoms with E-state index in [1.807, 2.05) is 25.3 Å². The quantitative estimate of drug-likeness (QED) is 0.545. The molecule has 7 heteroatoms. The van der Waals surface area contributed by atoms with Gasteiger partial charge in [-0.15, -0.1) is 11.6 Å². The van der Waals surface area contributed by atoms with Crippen LogP contribution in [0.15, 0.2) is 12.1 Å². The Morgan fingerprint density at radius 3 is 2.70 bits per heavy atom. The van der Waals surface area contributed by atoms with Crippen molar-refractivity contribution in [3.63, 3.8) is 0 Å². The zero-order valence-electron chi connectivity index (χ0n) is 17.5. The monoisotopic (exact) mass is 443 g/mol. The lowest BCUT2D eigenvalue weighted by molar-refractivity contribution is -0.107. The summed E-state index contributed by atoms with van der Waals surface area (Å²) < 4.78 is 34.8. The van der Waals surface area contributed by atoms with Gasteiger partial charge in [-0.25, -0.2) is 8.78 Å². The summed E-state index contributed by atoms with van der Waals surface area (Å²) in [5, 5.41) is 21.7. The summed E-state index contributed by atoms with van der Waals surface area (Å²) in [6.45, 7) is 2.70. The molecule has 2 N–H and O–H groups in total. The molecule has 1 aromatic rings. The Hall–Kier alpha value is -0.950. The summed E-state index contributed by atoms with van der Waals surface area (Å²) in [7, 11) is 0. The van der Waals surface area contributed by atoms with Crippen LogP contribution in [-0.2, 0) is 9.61 Å². The molecule has 0 bridgehead atoms. The predicted molar refractivity (Wildman–Crippen MR) is 113 cm³/mol. The van der Waals surface area contributed by atoms with E-state index in [1.54, 1.807) is 0 Å². The Labute approximate surface area is 181 Å². The Kier molecular flexibility index (Phi) is 6.08. The van der Waals surface area contributed by atoms with E-state index < -0.39 is 22.5 Å². The number of allylic oxidation sites excluding steroid dienone is 1. The van der Waals surface area contributed by atoms with Gasteiger partial charge >= 0.3 is 0 Å². The van der Waals surface area contributed by atoms with E-state index in [2.05, 4.69) is 4.57 Å². The Morgan fingerprint density at radius 1 is 1.30 bits per heavy atom. The topological polar surface area (TPSA) is 54.6 Å². The first-order valence-corrected chi connectivity index (χ1v) is 11.5. The molecule has 0 radical (unpaired) electrons. The molecule has 4 nitrogen and oxygen atoms in total. The molecule has 1 aromatic heterocycles. The van der Waals surface area contributed by atoms with Crippen molar-refractivity contribution in [3.05, 3.63) is 29.1 Å². The zero-order chi connectivity index (χ0) is 21.6. The molecule has 30 heavy (non-hydrogen) atoms. The molecule has 0 aromatic carbocycles. The lowest BCUT2D eigenvalue weighted by Gasteiger charge is -2.36. The van der Waals surface area contributed by atoms with Gasteiger partial charge in [0.2, 0.25) is 5.92 Å². The Balaban J connectivity index is 1.47. The van der Waals surface area contributed by atoms with Crippen LogP contribution in [-0.4, -0.2) is 32.9 Å². The third-order valence-electron chi connectivity index (χ3n) is 7.00. The number of aliphatic hydroxyl groups is 2. The highest BCUT2D eigenvalue weighted by atomic mass is 35.5. The Bertz CT molecular complexity index is 789. The van der Waals surface area contributed by atoms with Gasteiger partial charge in [-0.2, -0.15) is 0 Å². The van der Waals surface area contributed by atoms with Gasteiger partial charge in [0.25, 0.3) is 0 Å². The first-order chi connectivity index (χ1) is 14.1. The number of hydrogen-bond acceptors (Lipinski definition) is 3. The fraction of sp³-hybridized carbons (Fsp3) is 0.739. The SMILES string of the molecule is CC1(Cl)CC=Cn2c(C3CCCO3)cc(C(O)CCCC3(O)CCC(F)(F)CC3)c21. The van der Waals surface area contributed by atoms with Crippen molar-refractivity contribution in [2.24, 2.45) is 0 Å². The molecule has 3 atom stereocenters. The first kappa shape index (κ1) is 22.3. The highest BCUT2D eigenvalue weighted by Gasteiger charge is 2.42. The summed E-state index contributed by atoms with van der Waals surface area (Å²) in [6.07, 6.45) is 7.13. The number of ether oxygens (including phenoxy) is 1. The van der Waals surface area contributed by atoms with Crippen LogP contribution in [0.3, 0.4) is 0 Å². The van der Waals surface area contributed by atoms with Crippen molar-refractivity contribution in [1.29, 1.82) is 0 Å². The lowest BCUT2D eigenvalue weighted by Crippen LogP contribution is -2.38. The smallest absolute Gasteiger partial charge is 0.248 e. The van der Waals surface area contributed by atoms with Gasteiger partial charge in [-0.3, -0.25) is 0 Å². The summed E-state index contributed by atoms with van der Waals surface area (Å²) in [5.41, 5.74) is 1.69. The average Bonchev–Trinajstić information content (AvgIpc) is 3.32. The molecule has 4 rings (SSSR count). The molecule has 0 spiro atoms. The molecule has 1 saturated carbocycles. The van der Waals surface area contributed by atoms with Crippen LogP contribution in [0.2, 0.25) is 0 Å². The van der Waals surface area contributed by atoms with Crippen molar-refractivity contribution in [1.82, 2.24) is 4.57 Å². The number of halogens is 3. The maximum absolute atomic E-state index is 13.4. The third kappa shape index (κ3) is 4.47. The highest BCUT2D eigenvalue weighted by molar-refractivity contribution is 6.24. The molecule has 168 valence electrons. The molecule has 3 heterocycles. The molecule has 2 aliphatic heterocycles. The summed E-state index contributed by atoms with van der Waals surface area (Å²) in [4.78, 5) is -0.616. The molecular formula is C23H32ClF2NO3. The summed E-state index contributed by atoms with van der Waals surface area (Å²) >= 11 is 6.84. The number of alkyl halides is 3. The van der Waals surface area contributed by atoms with E-state index in [0.29, 0.717) is 25.7 Å². The van der Waals surface area contributed by atoms with Gasteiger partial charge in [-0.05, 0) is 64.4 Å². The fourth-order valence-electron chi connectivity index (χ4n) is 5.18. The van der Waals surface area contributed by atoms with Gasteiger partial charge in [0.05, 0.1) is 28.4 Å². The lowest BCUT2D eigenvalue weighted by atomic mass is 9.79. The molecular weight excluding hydrogens is 412 g/mol. The van der Waals surface area contributed by atoms with Crippen molar-refractivity contribution in [2.75, 3.05) is 6.61 Å². The van der Waals surface area contributed by atoms with E-state index in [-0.39, 0.29) is 31.8 Å². The summed E-state index contributed by atoms with van der Waals surface area (Å²) in [6, 6.07) is 2.02. The number of hydrogen-bond donors (Lipinski definition) is 2. The van der Waals surface area contributed by atoms with Crippen LogP contribution < -0.4 is 0 Å². The van der Waals surface area contributed by atoms with Crippen LogP contribution in [0.1, 0.15) is 100 Å². The molecule has 0 amide bonds. The minimum absolute atomic E-state index is 0.00420. The molecule has 3 unspecified atom stereocenters. The van der Waals surface area contributed by atoms with Gasteiger partial charge in [0, 0.05) is 36.9 Å². The van der Waals surface area contributed by atoms with Crippen molar-refractivity contribution >= 4 is 17.8 Å². The number of rotatable bonds is 6. The third-order valence-corrected chi connectivity index (χ3v) is 7.33. The average molecular weight is 444 g/mol. The Morgan fingerprint density at radius 2 is 2.03 bits per heavy atom. The van der Waals surface area contributed by atoms with Crippen LogP contribution in [0.5, 0.6) is 0 Å². The summed E-state index contributed by atoms with van der Waals surface area (Å²) in [5.74, 6) is -2.66. The van der Waals surface area contributed by atoms with E-state index in [4.69, 9.17) is 16.3 Å². The van der Waals surface area contributed by atoms with Crippen molar-refractivity contribution < 1.29 is 23.7 Å². The molecule has 1 aliphatic carbocycles. The van der Waals surface area contributed by atoms with E-state index in [1.165, 1.54) is 0 Å². The van der Waals surface area contributed by atoms with Crippen LogP contribution in [0.4, 0.5) is 8.78 Å². The second-order valence-corrected chi connectivity index (χ2v) is 10.4. The minimum atomic E-state index is -2.66. The van der Waals surface area contributed by atoms with Gasteiger partial charge < -0.3 is 19.5 Å². The highest BCUT2D eigenvalue weighted by Crippen LogP contribution is 2.46. The van der Waals surface area contributed by atoms with Crippen LogP contribution in [0.25, 0.3) is 6.20 Å². The first-order valence-electron chi connectivity index (χ1n) is 11.1. The standard InChI is InChI=1S/C23H32ClF2NO3/c1-21(24)7-4-13-27-17(19-6-3-14-30-19)15-16(20(21)27)18(28)5-2-8-22(29)9-11-23(25,26)12-10-22/h4,13,15,18-19,28-29H,2-3,5-12,14H2,1H3. The maximum atomic E-state index is 13.4. The molecule has 2 fully saturated rings. The van der Waals surface area contributed by atoms with E-state index >= 15 is 0 Å². The predicted octanol–water partition coefficient (Wildman–Crippen LogP) is 5.81. The number of nitrogens with zero attached hydrogens (tertiary/aromatic N) is 1. The molecule has 3 aliphatic rings. The van der Waals surface area contributed by atoms with Gasteiger partial charge in [0.15, 0.2) is 0 Å². The minimum Gasteiger partial charge on any atom is -0.390 e. The van der Waals surface area contributed by atoms with Crippen molar-refractivity contribution in [2.45, 2.75) is 99.7 Å². The number of aliphatic hydroxyl groups excluding tert-OH is 1. The van der Waals surface area contributed by atoms with Gasteiger partial charge in [-0.1, -0.05) is 6.08 Å².